The first-order valence-electron chi connectivity index (χ1n) is 5.41. The molecule has 1 aliphatic rings. The number of aliphatic hydroxyl groups is 1. The number of likely N-dealkylation sites (tertiary alicyclic amines) is 1. The SMILES string of the molecule is OCCOCC#CC[NH+]1CCCCC1. The maximum absolute atomic E-state index is 8.45. The smallest absolute Gasteiger partial charge is 0.139 e. The molecule has 0 amide bonds. The van der Waals surface area contributed by atoms with Crippen molar-refractivity contribution in [2.75, 3.05) is 39.5 Å². The van der Waals surface area contributed by atoms with E-state index in [1.54, 1.807) is 4.90 Å². The molecule has 2 N–H and O–H groups in total. The molecule has 0 atom stereocenters. The van der Waals surface area contributed by atoms with E-state index in [1.807, 2.05) is 0 Å². The molecule has 0 aromatic rings. The van der Waals surface area contributed by atoms with Gasteiger partial charge in [0.1, 0.15) is 13.2 Å². The summed E-state index contributed by atoms with van der Waals surface area (Å²) >= 11 is 0. The topological polar surface area (TPSA) is 33.9 Å². The Balaban J connectivity index is 2.00. The van der Waals surface area contributed by atoms with E-state index in [2.05, 4.69) is 11.8 Å². The third-order valence-corrected chi connectivity index (χ3v) is 2.43. The maximum Gasteiger partial charge on any atom is 0.139 e. The predicted molar refractivity (Wildman–Crippen MR) is 55.1 cm³/mol. The van der Waals surface area contributed by atoms with Crippen LogP contribution in [0.4, 0.5) is 0 Å². The van der Waals surface area contributed by atoms with E-state index in [4.69, 9.17) is 9.84 Å². The van der Waals surface area contributed by atoms with Gasteiger partial charge in [-0.2, -0.15) is 0 Å². The first kappa shape index (κ1) is 11.5. The van der Waals surface area contributed by atoms with Crippen LogP contribution in [0.3, 0.4) is 0 Å². The second-order valence-corrected chi connectivity index (χ2v) is 3.62. The van der Waals surface area contributed by atoms with Gasteiger partial charge in [0.2, 0.25) is 0 Å². The zero-order valence-corrected chi connectivity index (χ0v) is 8.72. The van der Waals surface area contributed by atoms with E-state index in [1.165, 1.54) is 32.4 Å². The van der Waals surface area contributed by atoms with Crippen molar-refractivity contribution in [3.8, 4) is 11.8 Å². The van der Waals surface area contributed by atoms with Crippen LogP contribution >= 0.6 is 0 Å². The van der Waals surface area contributed by atoms with Crippen LogP contribution in [0.1, 0.15) is 19.3 Å². The van der Waals surface area contributed by atoms with Crippen LogP contribution in [0.15, 0.2) is 0 Å². The van der Waals surface area contributed by atoms with Crippen molar-refractivity contribution < 1.29 is 14.7 Å². The number of nitrogens with one attached hydrogen (secondary N) is 1. The van der Waals surface area contributed by atoms with E-state index in [-0.39, 0.29) is 6.61 Å². The van der Waals surface area contributed by atoms with Gasteiger partial charge < -0.3 is 14.7 Å². The van der Waals surface area contributed by atoms with Crippen LogP contribution in [-0.4, -0.2) is 44.6 Å². The molecule has 80 valence electrons. The molecule has 3 nitrogen and oxygen atoms in total. The van der Waals surface area contributed by atoms with Crippen LogP contribution < -0.4 is 4.90 Å². The predicted octanol–water partition coefficient (Wildman–Crippen LogP) is -0.932. The molecule has 1 fully saturated rings. The summed E-state index contributed by atoms with van der Waals surface area (Å²) in [4.78, 5) is 1.60. The third kappa shape index (κ3) is 5.23. The number of piperidine rings is 1. The molecule has 1 rings (SSSR count). The molecule has 0 saturated carbocycles. The quantitative estimate of drug-likeness (QED) is 0.452. The minimum Gasteiger partial charge on any atom is -0.394 e. The van der Waals surface area contributed by atoms with Gasteiger partial charge in [0.05, 0.1) is 26.3 Å². The van der Waals surface area contributed by atoms with Gasteiger partial charge in [-0.3, -0.25) is 0 Å². The molecular weight excluding hydrogens is 178 g/mol. The number of hydrogen-bond acceptors (Lipinski definition) is 2. The van der Waals surface area contributed by atoms with Gasteiger partial charge in [0.25, 0.3) is 0 Å². The summed E-state index contributed by atoms with van der Waals surface area (Å²) in [6.45, 7) is 4.42. The molecule has 0 spiro atoms. The number of quaternary nitrogens is 1. The standard InChI is InChI=1S/C11H19NO2/c13-9-11-14-10-5-4-8-12-6-2-1-3-7-12/h13H,1-3,6-11H2/p+1. The lowest BCUT2D eigenvalue weighted by Crippen LogP contribution is -3.12. The van der Waals surface area contributed by atoms with Crippen LogP contribution in [-0.2, 0) is 4.74 Å². The average Bonchev–Trinajstić information content (AvgIpc) is 2.25. The fraction of sp³-hybridized carbons (Fsp3) is 0.818. The Hall–Kier alpha value is -0.560. The lowest BCUT2D eigenvalue weighted by atomic mass is 10.1. The molecule has 3 heteroatoms. The number of ether oxygens (including phenoxy) is 1. The molecule has 1 aliphatic heterocycles. The second-order valence-electron chi connectivity index (χ2n) is 3.62. The molecule has 0 aliphatic carbocycles. The summed E-state index contributed by atoms with van der Waals surface area (Å²) in [6, 6.07) is 0. The van der Waals surface area contributed by atoms with Crippen LogP contribution in [0.2, 0.25) is 0 Å². The Morgan fingerprint density at radius 3 is 2.64 bits per heavy atom. The molecule has 1 heterocycles. The number of aliphatic hydroxyl groups excluding tert-OH is 1. The fourth-order valence-electron chi connectivity index (χ4n) is 1.65. The molecule has 0 unspecified atom stereocenters. The zero-order valence-electron chi connectivity index (χ0n) is 8.72. The van der Waals surface area contributed by atoms with Gasteiger partial charge in [0.15, 0.2) is 0 Å². The van der Waals surface area contributed by atoms with Gasteiger partial charge >= 0.3 is 0 Å². The third-order valence-electron chi connectivity index (χ3n) is 2.43. The summed E-state index contributed by atoms with van der Waals surface area (Å²) in [5, 5.41) is 8.45. The molecule has 14 heavy (non-hydrogen) atoms. The largest absolute Gasteiger partial charge is 0.394 e. The highest BCUT2D eigenvalue weighted by Crippen LogP contribution is 1.93. The molecule has 1 saturated heterocycles. The number of rotatable bonds is 4. The fourth-order valence-corrected chi connectivity index (χ4v) is 1.65. The van der Waals surface area contributed by atoms with Crippen LogP contribution in [0, 0.1) is 11.8 Å². The van der Waals surface area contributed by atoms with Crippen molar-refractivity contribution in [1.82, 2.24) is 0 Å². The summed E-state index contributed by atoms with van der Waals surface area (Å²) in [6.07, 6.45) is 4.08. The van der Waals surface area contributed by atoms with Gasteiger partial charge in [0, 0.05) is 0 Å². The highest BCUT2D eigenvalue weighted by atomic mass is 16.5. The highest BCUT2D eigenvalue weighted by molar-refractivity contribution is 4.98. The Labute approximate surface area is 86.0 Å². The molecule has 0 aromatic carbocycles. The van der Waals surface area contributed by atoms with Crippen molar-refractivity contribution in [2.24, 2.45) is 0 Å². The molecule has 0 radical (unpaired) electrons. The summed E-state index contributed by atoms with van der Waals surface area (Å²) in [7, 11) is 0. The summed E-state index contributed by atoms with van der Waals surface area (Å²) < 4.78 is 5.04. The monoisotopic (exact) mass is 198 g/mol. The van der Waals surface area contributed by atoms with Crippen molar-refractivity contribution >= 4 is 0 Å². The summed E-state index contributed by atoms with van der Waals surface area (Å²) in [5.41, 5.74) is 0. The number of hydrogen-bond donors (Lipinski definition) is 2. The second kappa shape index (κ2) is 7.81. The van der Waals surface area contributed by atoms with E-state index in [9.17, 15) is 0 Å². The highest BCUT2D eigenvalue weighted by Gasteiger charge is 2.10. The van der Waals surface area contributed by atoms with Gasteiger partial charge in [-0.15, -0.1) is 0 Å². The lowest BCUT2D eigenvalue weighted by molar-refractivity contribution is -0.897. The molecule has 0 aromatic heterocycles. The van der Waals surface area contributed by atoms with Crippen molar-refractivity contribution in [3.63, 3.8) is 0 Å². The molecule has 0 bridgehead atoms. The first-order valence-corrected chi connectivity index (χ1v) is 5.41. The Morgan fingerprint density at radius 2 is 1.93 bits per heavy atom. The normalized spacial score (nSPS) is 17.5. The Kier molecular flexibility index (Phi) is 6.42. The van der Waals surface area contributed by atoms with Gasteiger partial charge in [-0.1, -0.05) is 5.92 Å². The van der Waals surface area contributed by atoms with Crippen molar-refractivity contribution in [1.29, 1.82) is 0 Å². The minimum atomic E-state index is 0.0824. The van der Waals surface area contributed by atoms with Crippen molar-refractivity contribution in [2.45, 2.75) is 19.3 Å². The Morgan fingerprint density at radius 1 is 1.14 bits per heavy atom. The van der Waals surface area contributed by atoms with E-state index < -0.39 is 0 Å². The van der Waals surface area contributed by atoms with Gasteiger partial charge in [-0.25, -0.2) is 0 Å². The average molecular weight is 198 g/mol. The molecular formula is C11H20NO2+. The Bertz CT molecular complexity index is 189. The van der Waals surface area contributed by atoms with Crippen molar-refractivity contribution in [3.05, 3.63) is 0 Å². The lowest BCUT2D eigenvalue weighted by Gasteiger charge is -2.20. The van der Waals surface area contributed by atoms with E-state index in [0.717, 1.165) is 6.54 Å². The van der Waals surface area contributed by atoms with E-state index >= 15 is 0 Å². The maximum atomic E-state index is 8.45. The first-order chi connectivity index (χ1) is 6.93. The summed E-state index contributed by atoms with van der Waals surface area (Å²) in [5.74, 6) is 6.08. The van der Waals surface area contributed by atoms with Gasteiger partial charge in [-0.05, 0) is 25.2 Å². The zero-order chi connectivity index (χ0) is 10.1. The van der Waals surface area contributed by atoms with E-state index in [0.29, 0.717) is 13.2 Å². The minimum absolute atomic E-state index is 0.0824. The van der Waals surface area contributed by atoms with Crippen LogP contribution in [0.25, 0.3) is 0 Å². The van der Waals surface area contributed by atoms with Crippen LogP contribution in [0.5, 0.6) is 0 Å².